The first-order chi connectivity index (χ1) is 15.2. The van der Waals surface area contributed by atoms with Crippen molar-refractivity contribution in [3.63, 3.8) is 0 Å². The van der Waals surface area contributed by atoms with Gasteiger partial charge in [-0.15, -0.1) is 11.3 Å². The van der Waals surface area contributed by atoms with Crippen LogP contribution in [0.2, 0.25) is 0 Å². The lowest BCUT2D eigenvalue weighted by atomic mass is 10.0. The van der Waals surface area contributed by atoms with Gasteiger partial charge in [0.15, 0.2) is 4.96 Å². The molecule has 0 saturated carbocycles. The van der Waals surface area contributed by atoms with Crippen LogP contribution in [0.5, 0.6) is 0 Å². The van der Waals surface area contributed by atoms with Gasteiger partial charge >= 0.3 is 0 Å². The zero-order valence-electron chi connectivity index (χ0n) is 17.1. The highest BCUT2D eigenvalue weighted by molar-refractivity contribution is 7.15. The Morgan fingerprint density at radius 1 is 0.903 bits per heavy atom. The first-order valence-corrected chi connectivity index (χ1v) is 11.0. The maximum atomic E-state index is 12.5. The van der Waals surface area contributed by atoms with Gasteiger partial charge in [0.2, 0.25) is 5.91 Å². The summed E-state index contributed by atoms with van der Waals surface area (Å²) in [5.41, 5.74) is 7.24. The van der Waals surface area contributed by atoms with Crippen LogP contribution in [0.4, 0.5) is 5.69 Å². The number of amides is 1. The number of imidazole rings is 1. The van der Waals surface area contributed by atoms with Crippen molar-refractivity contribution in [1.29, 1.82) is 0 Å². The maximum Gasteiger partial charge on any atom is 0.228 e. The van der Waals surface area contributed by atoms with Gasteiger partial charge in [0.25, 0.3) is 0 Å². The van der Waals surface area contributed by atoms with Crippen LogP contribution in [0.3, 0.4) is 0 Å². The molecule has 0 aliphatic heterocycles. The SMILES string of the molecule is Cc1csc2nc(-c3ccc(NC(=O)Cc4ccc(-c5ccccc5)cc4)cc3)cn12. The molecule has 0 aliphatic carbocycles. The number of aryl methyl sites for hydroxylation is 1. The van der Waals surface area contributed by atoms with E-state index >= 15 is 0 Å². The summed E-state index contributed by atoms with van der Waals surface area (Å²) in [5.74, 6) is -0.0293. The first kappa shape index (κ1) is 19.3. The van der Waals surface area contributed by atoms with Gasteiger partial charge in [-0.25, -0.2) is 4.98 Å². The Morgan fingerprint density at radius 2 is 1.58 bits per heavy atom. The van der Waals surface area contributed by atoms with Crippen LogP contribution in [0.25, 0.3) is 27.3 Å². The number of nitrogens with one attached hydrogen (secondary N) is 1. The minimum absolute atomic E-state index is 0.0293. The third kappa shape index (κ3) is 4.13. The summed E-state index contributed by atoms with van der Waals surface area (Å²) < 4.78 is 2.10. The molecule has 0 spiro atoms. The van der Waals surface area contributed by atoms with Crippen molar-refractivity contribution in [2.75, 3.05) is 5.32 Å². The Hall–Kier alpha value is -3.70. The molecule has 5 rings (SSSR count). The molecule has 0 fully saturated rings. The van der Waals surface area contributed by atoms with Gasteiger partial charge in [0.1, 0.15) is 0 Å². The molecule has 152 valence electrons. The highest BCUT2D eigenvalue weighted by Gasteiger charge is 2.09. The molecule has 0 atom stereocenters. The number of thiazole rings is 1. The van der Waals surface area contributed by atoms with Gasteiger partial charge in [-0.2, -0.15) is 0 Å². The van der Waals surface area contributed by atoms with E-state index in [0.717, 1.165) is 33.0 Å². The molecule has 1 amide bonds. The van der Waals surface area contributed by atoms with Crippen molar-refractivity contribution >= 4 is 27.9 Å². The van der Waals surface area contributed by atoms with Crippen LogP contribution < -0.4 is 5.32 Å². The molecule has 0 saturated heterocycles. The van der Waals surface area contributed by atoms with Crippen molar-refractivity contribution < 1.29 is 4.79 Å². The molecular formula is C26H21N3OS. The lowest BCUT2D eigenvalue weighted by Gasteiger charge is -2.07. The molecular weight excluding hydrogens is 402 g/mol. The van der Waals surface area contributed by atoms with E-state index in [0.29, 0.717) is 6.42 Å². The largest absolute Gasteiger partial charge is 0.326 e. The summed E-state index contributed by atoms with van der Waals surface area (Å²) in [7, 11) is 0. The second-order valence-corrected chi connectivity index (χ2v) is 8.36. The van der Waals surface area contributed by atoms with Crippen LogP contribution in [-0.4, -0.2) is 15.3 Å². The normalized spacial score (nSPS) is 11.0. The summed E-state index contributed by atoms with van der Waals surface area (Å²) in [6.45, 7) is 2.07. The highest BCUT2D eigenvalue weighted by Crippen LogP contribution is 2.25. The van der Waals surface area contributed by atoms with E-state index in [4.69, 9.17) is 0 Å². The van der Waals surface area contributed by atoms with E-state index < -0.39 is 0 Å². The van der Waals surface area contributed by atoms with E-state index in [1.165, 1.54) is 11.3 Å². The van der Waals surface area contributed by atoms with Gasteiger partial charge < -0.3 is 5.32 Å². The fourth-order valence-corrected chi connectivity index (χ4v) is 4.44. The Balaban J connectivity index is 1.23. The van der Waals surface area contributed by atoms with E-state index in [2.05, 4.69) is 51.3 Å². The Kier molecular flexibility index (Phi) is 5.10. The Bertz CT molecular complexity index is 1330. The topological polar surface area (TPSA) is 46.4 Å². The average molecular weight is 424 g/mol. The number of rotatable bonds is 5. The second kappa shape index (κ2) is 8.20. The number of nitrogens with zero attached hydrogens (tertiary/aromatic N) is 2. The lowest BCUT2D eigenvalue weighted by molar-refractivity contribution is -0.115. The lowest BCUT2D eigenvalue weighted by Crippen LogP contribution is -2.14. The number of benzene rings is 3. The third-order valence-electron chi connectivity index (χ3n) is 5.28. The molecule has 1 N–H and O–H groups in total. The van der Waals surface area contributed by atoms with Crippen LogP contribution in [0.15, 0.2) is 90.4 Å². The maximum absolute atomic E-state index is 12.5. The second-order valence-electron chi connectivity index (χ2n) is 7.52. The summed E-state index contributed by atoms with van der Waals surface area (Å²) in [4.78, 5) is 18.1. The van der Waals surface area contributed by atoms with Crippen LogP contribution in [0.1, 0.15) is 11.3 Å². The van der Waals surface area contributed by atoms with Crippen LogP contribution in [0, 0.1) is 6.92 Å². The summed E-state index contributed by atoms with van der Waals surface area (Å²) in [6.07, 6.45) is 2.39. The first-order valence-electron chi connectivity index (χ1n) is 10.1. The smallest absolute Gasteiger partial charge is 0.228 e. The number of fused-ring (bicyclic) bond motifs is 1. The van der Waals surface area contributed by atoms with Crippen molar-refractivity contribution in [1.82, 2.24) is 9.38 Å². The number of anilines is 1. The molecule has 0 radical (unpaired) electrons. The number of hydrogen-bond acceptors (Lipinski definition) is 3. The molecule has 4 nitrogen and oxygen atoms in total. The number of carbonyl (C=O) groups is 1. The standard InChI is InChI=1S/C26H21N3OS/c1-18-17-31-26-28-24(16-29(18)26)22-11-13-23(14-12-22)27-25(30)15-19-7-9-21(10-8-19)20-5-3-2-4-6-20/h2-14,16-17H,15H2,1H3,(H,27,30). The van der Waals surface area contributed by atoms with Crippen molar-refractivity contribution in [3.05, 3.63) is 102 Å². The molecule has 3 aromatic carbocycles. The predicted octanol–water partition coefficient (Wildman–Crippen LogP) is 6.22. The van der Waals surface area contributed by atoms with Gasteiger partial charge in [0.05, 0.1) is 12.1 Å². The minimum Gasteiger partial charge on any atom is -0.326 e. The molecule has 31 heavy (non-hydrogen) atoms. The zero-order chi connectivity index (χ0) is 21.2. The number of carbonyl (C=O) groups excluding carboxylic acids is 1. The molecule has 5 heteroatoms. The van der Waals surface area contributed by atoms with Gasteiger partial charge in [-0.3, -0.25) is 9.20 Å². The monoisotopic (exact) mass is 423 g/mol. The van der Waals surface area contributed by atoms with Crippen molar-refractivity contribution in [2.24, 2.45) is 0 Å². The molecule has 0 unspecified atom stereocenters. The zero-order valence-corrected chi connectivity index (χ0v) is 17.9. The van der Waals surface area contributed by atoms with Gasteiger partial charge in [-0.1, -0.05) is 66.7 Å². The number of hydrogen-bond donors (Lipinski definition) is 1. The predicted molar refractivity (Wildman–Crippen MR) is 127 cm³/mol. The summed E-state index contributed by atoms with van der Waals surface area (Å²) in [5, 5.41) is 5.08. The average Bonchev–Trinajstić information content (AvgIpc) is 3.37. The molecule has 2 heterocycles. The quantitative estimate of drug-likeness (QED) is 0.365. The fraction of sp³-hybridized carbons (Fsp3) is 0.0769. The third-order valence-corrected chi connectivity index (χ3v) is 6.24. The molecule has 0 bridgehead atoms. The minimum atomic E-state index is -0.0293. The molecule has 2 aromatic heterocycles. The summed E-state index contributed by atoms with van der Waals surface area (Å²) in [6, 6.07) is 26.2. The summed E-state index contributed by atoms with van der Waals surface area (Å²) >= 11 is 1.64. The molecule has 0 aliphatic rings. The highest BCUT2D eigenvalue weighted by atomic mass is 32.1. The van der Waals surface area contributed by atoms with Crippen LogP contribution in [-0.2, 0) is 11.2 Å². The fourth-order valence-electron chi connectivity index (χ4n) is 3.59. The van der Waals surface area contributed by atoms with Crippen molar-refractivity contribution in [2.45, 2.75) is 13.3 Å². The van der Waals surface area contributed by atoms with E-state index in [1.807, 2.05) is 60.8 Å². The van der Waals surface area contributed by atoms with E-state index in [1.54, 1.807) is 11.3 Å². The molecule has 5 aromatic rings. The van der Waals surface area contributed by atoms with Crippen molar-refractivity contribution in [3.8, 4) is 22.4 Å². The van der Waals surface area contributed by atoms with E-state index in [-0.39, 0.29) is 5.91 Å². The van der Waals surface area contributed by atoms with Gasteiger partial charge in [-0.05, 0) is 35.7 Å². The Labute approximate surface area is 184 Å². The van der Waals surface area contributed by atoms with E-state index in [9.17, 15) is 4.79 Å². The van der Waals surface area contributed by atoms with Crippen LogP contribution >= 0.6 is 11.3 Å². The Morgan fingerprint density at radius 3 is 2.29 bits per heavy atom. The number of aromatic nitrogens is 2. The van der Waals surface area contributed by atoms with Gasteiger partial charge in [0, 0.05) is 28.5 Å².